The minimum atomic E-state index is -0.0521. The van der Waals surface area contributed by atoms with Crippen LogP contribution in [0, 0.1) is 0 Å². The molecule has 0 saturated heterocycles. The van der Waals surface area contributed by atoms with Crippen LogP contribution in [0.5, 0.6) is 0 Å². The van der Waals surface area contributed by atoms with E-state index in [0.29, 0.717) is 6.42 Å². The Hall–Kier alpha value is -2.27. The molecular weight excluding hydrogens is 296 g/mol. The topological polar surface area (TPSA) is 54.6 Å². The molecular formula is C17H14N2O2S. The zero-order valence-corrected chi connectivity index (χ0v) is 12.7. The van der Waals surface area contributed by atoms with Crippen molar-refractivity contribution in [2.75, 3.05) is 12.3 Å². The zero-order chi connectivity index (χ0) is 14.9. The molecule has 0 aliphatic carbocycles. The van der Waals surface area contributed by atoms with E-state index in [1.165, 1.54) is 0 Å². The van der Waals surface area contributed by atoms with Crippen molar-refractivity contribution >= 4 is 44.6 Å². The molecule has 22 heavy (non-hydrogen) atoms. The van der Waals surface area contributed by atoms with Gasteiger partial charge in [-0.25, -0.2) is 0 Å². The molecule has 2 heterocycles. The molecule has 0 spiro atoms. The largest absolute Gasteiger partial charge is 0.464 e. The Balaban J connectivity index is 1.69. The molecule has 4 rings (SSSR count). The number of thioether (sulfide) groups is 1. The number of amidine groups is 1. The number of aliphatic imine (C=N–C) groups is 1. The van der Waals surface area contributed by atoms with Crippen molar-refractivity contribution in [1.82, 2.24) is 5.32 Å². The maximum Gasteiger partial charge on any atom is 0.230 e. The van der Waals surface area contributed by atoms with Gasteiger partial charge in [0.05, 0.1) is 19.2 Å². The number of nitrogens with zero attached hydrogens (tertiary/aromatic N) is 1. The van der Waals surface area contributed by atoms with Crippen LogP contribution in [0.4, 0.5) is 0 Å². The van der Waals surface area contributed by atoms with Crippen LogP contribution in [0.1, 0.15) is 5.56 Å². The number of benzene rings is 2. The second-order valence-electron chi connectivity index (χ2n) is 5.18. The summed E-state index contributed by atoms with van der Waals surface area (Å²) in [6.07, 6.45) is 1.97. The Morgan fingerprint density at radius 1 is 1.27 bits per heavy atom. The van der Waals surface area contributed by atoms with Crippen LogP contribution in [0.2, 0.25) is 0 Å². The predicted molar refractivity (Wildman–Crippen MR) is 90.3 cm³/mol. The highest BCUT2D eigenvalue weighted by Crippen LogP contribution is 2.30. The molecule has 0 bridgehead atoms. The van der Waals surface area contributed by atoms with Gasteiger partial charge in [0.15, 0.2) is 5.17 Å². The van der Waals surface area contributed by atoms with Crippen molar-refractivity contribution in [3.63, 3.8) is 0 Å². The third-order valence-corrected chi connectivity index (χ3v) is 4.61. The SMILES string of the molecule is O=C(Cc1coc2ccc3ccccc3c12)NC1=NCCS1. The average Bonchev–Trinajstić information content (AvgIpc) is 3.17. The number of carbonyl (C=O) groups is 1. The van der Waals surface area contributed by atoms with Crippen molar-refractivity contribution in [2.45, 2.75) is 6.42 Å². The van der Waals surface area contributed by atoms with Gasteiger partial charge >= 0.3 is 0 Å². The zero-order valence-electron chi connectivity index (χ0n) is 11.8. The van der Waals surface area contributed by atoms with Gasteiger partial charge in [0.2, 0.25) is 5.91 Å². The molecule has 4 nitrogen and oxygen atoms in total. The van der Waals surface area contributed by atoms with Crippen LogP contribution in [-0.2, 0) is 11.2 Å². The fourth-order valence-electron chi connectivity index (χ4n) is 2.75. The first kappa shape index (κ1) is 13.4. The van der Waals surface area contributed by atoms with E-state index in [9.17, 15) is 4.79 Å². The molecule has 0 unspecified atom stereocenters. The van der Waals surface area contributed by atoms with Gasteiger partial charge in [-0.15, -0.1) is 0 Å². The lowest BCUT2D eigenvalue weighted by atomic mass is 10.0. The van der Waals surface area contributed by atoms with Crippen molar-refractivity contribution in [1.29, 1.82) is 0 Å². The lowest BCUT2D eigenvalue weighted by molar-refractivity contribution is -0.118. The van der Waals surface area contributed by atoms with Crippen LogP contribution in [0.3, 0.4) is 0 Å². The summed E-state index contributed by atoms with van der Waals surface area (Å²) < 4.78 is 5.61. The molecule has 1 aliphatic rings. The second-order valence-corrected chi connectivity index (χ2v) is 6.26. The number of rotatable bonds is 2. The number of hydrogen-bond donors (Lipinski definition) is 1. The molecule has 3 aromatic rings. The number of fused-ring (bicyclic) bond motifs is 3. The molecule has 0 atom stereocenters. The van der Waals surface area contributed by atoms with Crippen molar-refractivity contribution < 1.29 is 9.21 Å². The maximum absolute atomic E-state index is 12.2. The molecule has 2 aromatic carbocycles. The van der Waals surface area contributed by atoms with E-state index in [-0.39, 0.29) is 5.91 Å². The first-order valence-corrected chi connectivity index (χ1v) is 8.15. The Labute approximate surface area is 131 Å². The summed E-state index contributed by atoms with van der Waals surface area (Å²) in [4.78, 5) is 16.4. The normalized spacial score (nSPS) is 14.5. The predicted octanol–water partition coefficient (Wildman–Crippen LogP) is 3.35. The van der Waals surface area contributed by atoms with Gasteiger partial charge < -0.3 is 9.73 Å². The van der Waals surface area contributed by atoms with Gasteiger partial charge in [0.1, 0.15) is 5.58 Å². The maximum atomic E-state index is 12.2. The summed E-state index contributed by atoms with van der Waals surface area (Å²) in [7, 11) is 0. The number of nitrogens with one attached hydrogen (secondary N) is 1. The first-order valence-electron chi connectivity index (χ1n) is 7.16. The molecule has 0 fully saturated rings. The van der Waals surface area contributed by atoms with Crippen LogP contribution < -0.4 is 5.32 Å². The van der Waals surface area contributed by atoms with Gasteiger partial charge in [-0.1, -0.05) is 42.1 Å². The van der Waals surface area contributed by atoms with Gasteiger partial charge in [-0.2, -0.15) is 0 Å². The lowest BCUT2D eigenvalue weighted by Gasteiger charge is -2.04. The lowest BCUT2D eigenvalue weighted by Crippen LogP contribution is -2.28. The van der Waals surface area contributed by atoms with Crippen molar-refractivity contribution in [2.24, 2.45) is 4.99 Å². The van der Waals surface area contributed by atoms with Crippen LogP contribution in [0.25, 0.3) is 21.7 Å². The number of hydrogen-bond acceptors (Lipinski definition) is 4. The summed E-state index contributed by atoms with van der Waals surface area (Å²) >= 11 is 1.58. The number of carbonyl (C=O) groups excluding carboxylic acids is 1. The van der Waals surface area contributed by atoms with Crippen molar-refractivity contribution in [3.05, 3.63) is 48.2 Å². The Kier molecular flexibility index (Phi) is 3.35. The van der Waals surface area contributed by atoms with E-state index in [2.05, 4.69) is 22.4 Å². The van der Waals surface area contributed by atoms with Gasteiger partial charge in [0.25, 0.3) is 0 Å². The molecule has 5 heteroatoms. The molecule has 0 saturated carbocycles. The minimum absolute atomic E-state index is 0.0521. The highest BCUT2D eigenvalue weighted by Gasteiger charge is 2.15. The van der Waals surface area contributed by atoms with E-state index < -0.39 is 0 Å². The van der Waals surface area contributed by atoms with E-state index in [1.54, 1.807) is 18.0 Å². The monoisotopic (exact) mass is 310 g/mol. The first-order chi connectivity index (χ1) is 10.8. The van der Waals surface area contributed by atoms with E-state index in [1.807, 2.05) is 24.3 Å². The van der Waals surface area contributed by atoms with Crippen molar-refractivity contribution in [3.8, 4) is 0 Å². The summed E-state index contributed by atoms with van der Waals surface area (Å²) in [5.74, 6) is 0.887. The second kappa shape index (κ2) is 5.50. The highest BCUT2D eigenvalue weighted by molar-refractivity contribution is 8.14. The fraction of sp³-hybridized carbons (Fsp3) is 0.176. The number of furan rings is 1. The summed E-state index contributed by atoms with van der Waals surface area (Å²) in [6, 6.07) is 12.1. The molecule has 1 amide bonds. The molecule has 0 radical (unpaired) electrons. The summed E-state index contributed by atoms with van der Waals surface area (Å²) in [5, 5.41) is 6.87. The quantitative estimate of drug-likeness (QED) is 0.790. The average molecular weight is 310 g/mol. The molecule has 1 N–H and O–H groups in total. The summed E-state index contributed by atoms with van der Waals surface area (Å²) in [6.45, 7) is 0.777. The van der Waals surface area contributed by atoms with Crippen LogP contribution in [-0.4, -0.2) is 23.4 Å². The smallest absolute Gasteiger partial charge is 0.230 e. The van der Waals surface area contributed by atoms with E-state index >= 15 is 0 Å². The van der Waals surface area contributed by atoms with Gasteiger partial charge in [-0.05, 0) is 16.8 Å². The van der Waals surface area contributed by atoms with Gasteiger partial charge in [0, 0.05) is 16.7 Å². The highest BCUT2D eigenvalue weighted by atomic mass is 32.2. The van der Waals surface area contributed by atoms with Crippen LogP contribution >= 0.6 is 11.8 Å². The van der Waals surface area contributed by atoms with Crippen LogP contribution in [0.15, 0.2) is 52.1 Å². The molecule has 110 valence electrons. The fourth-order valence-corrected chi connectivity index (χ4v) is 3.50. The minimum Gasteiger partial charge on any atom is -0.464 e. The number of amides is 1. The third-order valence-electron chi connectivity index (χ3n) is 3.72. The Morgan fingerprint density at radius 3 is 3.05 bits per heavy atom. The Bertz CT molecular complexity index is 898. The summed E-state index contributed by atoms with van der Waals surface area (Å²) in [5.41, 5.74) is 1.72. The van der Waals surface area contributed by atoms with E-state index in [4.69, 9.17) is 4.42 Å². The van der Waals surface area contributed by atoms with Gasteiger partial charge in [-0.3, -0.25) is 9.79 Å². The molecule has 1 aromatic heterocycles. The Morgan fingerprint density at radius 2 is 2.18 bits per heavy atom. The van der Waals surface area contributed by atoms with E-state index in [0.717, 1.165) is 44.8 Å². The third kappa shape index (κ3) is 2.37. The molecule has 1 aliphatic heterocycles. The standard InChI is InChI=1S/C17H14N2O2S/c20-15(19-17-18-7-8-22-17)9-12-10-21-14-6-5-11-3-1-2-4-13(11)16(12)14/h1-6,10H,7-9H2,(H,18,19,20).